The molecule has 1 aromatic heterocycles. The van der Waals surface area contributed by atoms with E-state index in [1.165, 1.54) is 19.2 Å². The van der Waals surface area contributed by atoms with Crippen LogP contribution in [0.4, 0.5) is 4.39 Å². The van der Waals surface area contributed by atoms with Crippen molar-refractivity contribution in [2.75, 3.05) is 7.11 Å². The highest BCUT2D eigenvalue weighted by molar-refractivity contribution is 5.97. The fraction of sp³-hybridized carbons (Fsp3) is 0.333. The van der Waals surface area contributed by atoms with Crippen LogP contribution in [0.15, 0.2) is 18.2 Å². The van der Waals surface area contributed by atoms with Crippen LogP contribution in [0, 0.1) is 19.7 Å². The molecule has 0 saturated carbocycles. The zero-order valence-corrected chi connectivity index (χ0v) is 12.0. The van der Waals surface area contributed by atoms with E-state index >= 15 is 0 Å². The summed E-state index contributed by atoms with van der Waals surface area (Å²) in [6.45, 7) is 3.78. The van der Waals surface area contributed by atoms with Crippen LogP contribution in [-0.2, 0) is 13.5 Å². The van der Waals surface area contributed by atoms with Gasteiger partial charge in [-0.3, -0.25) is 9.48 Å². The standard InChI is InChI=1S/C15H17FN2O2/c1-9-12(10(2)18(3)17-9)8-14(19)11-5-6-15(20-4)13(16)7-11/h5-7H,8H2,1-4H3. The van der Waals surface area contributed by atoms with Gasteiger partial charge in [-0.05, 0) is 32.0 Å². The minimum atomic E-state index is -0.530. The third-order valence-electron chi connectivity index (χ3n) is 3.47. The predicted molar refractivity (Wildman–Crippen MR) is 73.7 cm³/mol. The van der Waals surface area contributed by atoms with Crippen LogP contribution in [0.1, 0.15) is 27.3 Å². The molecule has 0 bridgehead atoms. The van der Waals surface area contributed by atoms with Crippen LogP contribution in [0.3, 0.4) is 0 Å². The Morgan fingerprint density at radius 3 is 2.60 bits per heavy atom. The first-order valence-corrected chi connectivity index (χ1v) is 6.30. The van der Waals surface area contributed by atoms with Gasteiger partial charge in [-0.25, -0.2) is 4.39 Å². The summed E-state index contributed by atoms with van der Waals surface area (Å²) in [5.41, 5.74) is 3.01. The lowest BCUT2D eigenvalue weighted by atomic mass is 10.0. The van der Waals surface area contributed by atoms with Crippen molar-refractivity contribution in [2.24, 2.45) is 7.05 Å². The molecular weight excluding hydrogens is 259 g/mol. The van der Waals surface area contributed by atoms with Crippen LogP contribution in [0.5, 0.6) is 5.75 Å². The molecule has 1 heterocycles. The average molecular weight is 276 g/mol. The largest absolute Gasteiger partial charge is 0.494 e. The number of carbonyl (C=O) groups is 1. The number of nitrogens with zero attached hydrogens (tertiary/aromatic N) is 2. The second-order valence-corrected chi connectivity index (χ2v) is 4.72. The van der Waals surface area contributed by atoms with E-state index < -0.39 is 5.82 Å². The Labute approximate surface area is 117 Å². The van der Waals surface area contributed by atoms with E-state index in [2.05, 4.69) is 5.10 Å². The van der Waals surface area contributed by atoms with Gasteiger partial charge in [-0.2, -0.15) is 5.10 Å². The topological polar surface area (TPSA) is 44.1 Å². The van der Waals surface area contributed by atoms with Crippen LogP contribution < -0.4 is 4.74 Å². The molecule has 2 rings (SSSR count). The number of aromatic nitrogens is 2. The first-order chi connectivity index (χ1) is 9.43. The van der Waals surface area contributed by atoms with Crippen LogP contribution in [0.2, 0.25) is 0 Å². The number of methoxy groups -OCH3 is 1. The summed E-state index contributed by atoms with van der Waals surface area (Å²) in [5, 5.41) is 4.27. The summed E-state index contributed by atoms with van der Waals surface area (Å²) in [4.78, 5) is 12.2. The van der Waals surface area contributed by atoms with Gasteiger partial charge in [-0.1, -0.05) is 0 Å². The van der Waals surface area contributed by atoms with Crippen molar-refractivity contribution in [3.8, 4) is 5.75 Å². The van der Waals surface area contributed by atoms with E-state index in [1.807, 2.05) is 20.9 Å². The fourth-order valence-corrected chi connectivity index (χ4v) is 2.18. The van der Waals surface area contributed by atoms with Crippen molar-refractivity contribution in [3.05, 3.63) is 46.5 Å². The van der Waals surface area contributed by atoms with Gasteiger partial charge in [0.25, 0.3) is 0 Å². The zero-order valence-electron chi connectivity index (χ0n) is 12.0. The number of halogens is 1. The van der Waals surface area contributed by atoms with Gasteiger partial charge < -0.3 is 4.74 Å². The number of hydrogen-bond acceptors (Lipinski definition) is 3. The van der Waals surface area contributed by atoms with Gasteiger partial charge in [0, 0.05) is 30.3 Å². The lowest BCUT2D eigenvalue weighted by Crippen LogP contribution is -2.06. The van der Waals surface area contributed by atoms with Crippen molar-refractivity contribution in [2.45, 2.75) is 20.3 Å². The molecule has 0 amide bonds. The van der Waals surface area contributed by atoms with E-state index in [-0.39, 0.29) is 18.0 Å². The molecule has 0 unspecified atom stereocenters. The minimum absolute atomic E-state index is 0.134. The van der Waals surface area contributed by atoms with Crippen molar-refractivity contribution >= 4 is 5.78 Å². The Morgan fingerprint density at radius 2 is 2.10 bits per heavy atom. The van der Waals surface area contributed by atoms with E-state index in [1.54, 1.807) is 10.7 Å². The van der Waals surface area contributed by atoms with Gasteiger partial charge >= 0.3 is 0 Å². The lowest BCUT2D eigenvalue weighted by Gasteiger charge is -2.05. The monoisotopic (exact) mass is 276 g/mol. The van der Waals surface area contributed by atoms with E-state index in [0.717, 1.165) is 17.0 Å². The number of aryl methyl sites for hydroxylation is 2. The van der Waals surface area contributed by atoms with Crippen LogP contribution in [0.25, 0.3) is 0 Å². The Balaban J connectivity index is 2.26. The Kier molecular flexibility index (Phi) is 3.88. The van der Waals surface area contributed by atoms with Crippen LogP contribution >= 0.6 is 0 Å². The molecule has 5 heteroatoms. The summed E-state index contributed by atoms with van der Waals surface area (Å²) >= 11 is 0. The zero-order chi connectivity index (χ0) is 14.9. The summed E-state index contributed by atoms with van der Waals surface area (Å²) in [7, 11) is 3.23. The van der Waals surface area contributed by atoms with Gasteiger partial charge in [0.15, 0.2) is 17.3 Å². The molecule has 0 atom stereocenters. The molecule has 20 heavy (non-hydrogen) atoms. The number of Topliss-reactive ketones (excluding diaryl/α,β-unsaturated/α-hetero) is 1. The number of hydrogen-bond donors (Lipinski definition) is 0. The second kappa shape index (κ2) is 5.45. The summed E-state index contributed by atoms with van der Waals surface area (Å²) in [5.74, 6) is -0.529. The highest BCUT2D eigenvalue weighted by atomic mass is 19.1. The first kappa shape index (κ1) is 14.2. The maximum absolute atomic E-state index is 13.6. The number of rotatable bonds is 4. The second-order valence-electron chi connectivity index (χ2n) is 4.72. The highest BCUT2D eigenvalue weighted by Crippen LogP contribution is 2.20. The molecule has 0 aliphatic carbocycles. The van der Waals surface area contributed by atoms with Gasteiger partial charge in [0.05, 0.1) is 12.8 Å². The fourth-order valence-electron chi connectivity index (χ4n) is 2.18. The molecule has 2 aromatic rings. The smallest absolute Gasteiger partial charge is 0.167 e. The normalized spacial score (nSPS) is 10.7. The average Bonchev–Trinajstić information content (AvgIpc) is 2.65. The maximum atomic E-state index is 13.6. The molecule has 0 aliphatic rings. The van der Waals surface area contributed by atoms with Crippen molar-refractivity contribution in [1.29, 1.82) is 0 Å². The Hall–Kier alpha value is -2.17. The van der Waals surface area contributed by atoms with Crippen molar-refractivity contribution in [1.82, 2.24) is 9.78 Å². The highest BCUT2D eigenvalue weighted by Gasteiger charge is 2.16. The molecule has 0 spiro atoms. The molecule has 0 radical (unpaired) electrons. The lowest BCUT2D eigenvalue weighted by molar-refractivity contribution is 0.0992. The Bertz CT molecular complexity index is 662. The summed E-state index contributed by atoms with van der Waals surface area (Å²) in [6, 6.07) is 4.25. The predicted octanol–water partition coefficient (Wildman–Crippen LogP) is 2.61. The van der Waals surface area contributed by atoms with Gasteiger partial charge in [0.2, 0.25) is 0 Å². The van der Waals surface area contributed by atoms with E-state index in [4.69, 9.17) is 4.74 Å². The molecule has 0 fully saturated rings. The number of ketones is 1. The van der Waals surface area contributed by atoms with Crippen LogP contribution in [-0.4, -0.2) is 22.7 Å². The Morgan fingerprint density at radius 1 is 1.40 bits per heavy atom. The van der Waals surface area contributed by atoms with Crippen molar-refractivity contribution in [3.63, 3.8) is 0 Å². The molecule has 0 saturated heterocycles. The molecule has 1 aromatic carbocycles. The molecule has 0 aliphatic heterocycles. The first-order valence-electron chi connectivity index (χ1n) is 6.30. The summed E-state index contributed by atoms with van der Waals surface area (Å²) in [6.07, 6.45) is 0.220. The van der Waals surface area contributed by atoms with E-state index in [9.17, 15) is 9.18 Å². The quantitative estimate of drug-likeness (QED) is 0.806. The summed E-state index contributed by atoms with van der Waals surface area (Å²) < 4.78 is 20.2. The third kappa shape index (κ3) is 2.57. The minimum Gasteiger partial charge on any atom is -0.494 e. The number of ether oxygens (including phenoxy) is 1. The SMILES string of the molecule is COc1ccc(C(=O)Cc2c(C)nn(C)c2C)cc1F. The third-order valence-corrected chi connectivity index (χ3v) is 3.47. The molecule has 4 nitrogen and oxygen atoms in total. The number of carbonyl (C=O) groups excluding carboxylic acids is 1. The van der Waals surface area contributed by atoms with Crippen molar-refractivity contribution < 1.29 is 13.9 Å². The molecule has 106 valence electrons. The van der Waals surface area contributed by atoms with E-state index in [0.29, 0.717) is 5.56 Å². The maximum Gasteiger partial charge on any atom is 0.167 e. The molecule has 0 N–H and O–H groups in total. The molecular formula is C15H17FN2O2. The number of benzene rings is 1. The van der Waals surface area contributed by atoms with Gasteiger partial charge in [0.1, 0.15) is 0 Å². The van der Waals surface area contributed by atoms with Gasteiger partial charge in [-0.15, -0.1) is 0 Å².